The highest BCUT2D eigenvalue weighted by Crippen LogP contribution is 2.25. The van der Waals surface area contributed by atoms with Crippen molar-refractivity contribution in [1.82, 2.24) is 5.32 Å². The van der Waals surface area contributed by atoms with Crippen LogP contribution in [0.4, 0.5) is 5.69 Å². The van der Waals surface area contributed by atoms with Crippen molar-refractivity contribution < 1.29 is 14.3 Å². The van der Waals surface area contributed by atoms with Gasteiger partial charge in [0.1, 0.15) is 5.75 Å². The zero-order valence-electron chi connectivity index (χ0n) is 18.9. The Bertz CT molecular complexity index is 851. The van der Waals surface area contributed by atoms with Crippen LogP contribution in [0.5, 0.6) is 5.75 Å². The molecule has 2 aromatic rings. The fraction of sp³-hybridized carbons (Fsp3) is 0.440. The van der Waals surface area contributed by atoms with Gasteiger partial charge in [0, 0.05) is 6.54 Å². The van der Waals surface area contributed by atoms with Crippen molar-refractivity contribution in [1.29, 1.82) is 0 Å². The van der Waals surface area contributed by atoms with E-state index in [9.17, 15) is 9.59 Å². The number of rotatable bonds is 8. The number of anilines is 1. The highest BCUT2D eigenvalue weighted by molar-refractivity contribution is 6.04. The molecule has 5 nitrogen and oxygen atoms in total. The fourth-order valence-corrected chi connectivity index (χ4v) is 2.92. The van der Waals surface area contributed by atoms with Crippen LogP contribution in [-0.2, 0) is 10.2 Å². The van der Waals surface area contributed by atoms with Crippen LogP contribution in [0.1, 0.15) is 63.9 Å². The molecule has 2 rings (SSSR count). The van der Waals surface area contributed by atoms with E-state index in [0.29, 0.717) is 35.9 Å². The number of benzene rings is 2. The van der Waals surface area contributed by atoms with Gasteiger partial charge in [-0.3, -0.25) is 9.59 Å². The zero-order chi connectivity index (χ0) is 22.3. The summed E-state index contributed by atoms with van der Waals surface area (Å²) < 4.78 is 5.93. The molecule has 30 heavy (non-hydrogen) atoms. The summed E-state index contributed by atoms with van der Waals surface area (Å²) in [5, 5.41) is 5.75. The lowest BCUT2D eigenvalue weighted by atomic mass is 9.87. The first-order chi connectivity index (χ1) is 14.1. The standard InChI is InChI=1S/C25H34N2O3/c1-7-22(30-19-14-12-18(13-15-19)25(4,5)6)24(29)27-21-11-9-8-10-20(21)23(28)26-16-17(2)3/h8-15,17,22H,7,16H2,1-6H3,(H,26,28)(H,27,29)/t22-/m0/s1. The van der Waals surface area contributed by atoms with E-state index >= 15 is 0 Å². The van der Waals surface area contributed by atoms with Crippen molar-refractivity contribution in [3.05, 3.63) is 59.7 Å². The number of ether oxygens (including phenoxy) is 1. The van der Waals surface area contributed by atoms with E-state index in [0.717, 1.165) is 0 Å². The lowest BCUT2D eigenvalue weighted by Gasteiger charge is -2.21. The zero-order valence-corrected chi connectivity index (χ0v) is 18.9. The molecule has 0 saturated carbocycles. The van der Waals surface area contributed by atoms with E-state index in [1.54, 1.807) is 24.3 Å². The third-order valence-electron chi connectivity index (χ3n) is 4.76. The molecule has 1 atom stereocenters. The highest BCUT2D eigenvalue weighted by Gasteiger charge is 2.21. The predicted molar refractivity (Wildman–Crippen MR) is 122 cm³/mol. The molecule has 2 N–H and O–H groups in total. The quantitative estimate of drug-likeness (QED) is 0.631. The summed E-state index contributed by atoms with van der Waals surface area (Å²) in [7, 11) is 0. The van der Waals surface area contributed by atoms with E-state index in [1.165, 1.54) is 5.56 Å². The highest BCUT2D eigenvalue weighted by atomic mass is 16.5. The lowest BCUT2D eigenvalue weighted by Crippen LogP contribution is -2.34. The average Bonchev–Trinajstić information content (AvgIpc) is 2.70. The molecular weight excluding hydrogens is 376 g/mol. The largest absolute Gasteiger partial charge is 0.481 e. The molecular formula is C25H34N2O3. The number of amides is 2. The van der Waals surface area contributed by atoms with Gasteiger partial charge in [-0.15, -0.1) is 0 Å². The van der Waals surface area contributed by atoms with Gasteiger partial charge >= 0.3 is 0 Å². The SMILES string of the molecule is CC[C@H](Oc1ccc(C(C)(C)C)cc1)C(=O)Nc1ccccc1C(=O)NCC(C)C. The van der Waals surface area contributed by atoms with E-state index in [2.05, 4.69) is 31.4 Å². The number of carbonyl (C=O) groups excluding carboxylic acids is 2. The minimum Gasteiger partial charge on any atom is -0.481 e. The Kier molecular flexibility index (Phi) is 8.04. The van der Waals surface area contributed by atoms with Crippen molar-refractivity contribution in [3.63, 3.8) is 0 Å². The molecule has 5 heteroatoms. The number of hydrogen-bond donors (Lipinski definition) is 2. The Morgan fingerprint density at radius 2 is 1.63 bits per heavy atom. The van der Waals surface area contributed by atoms with Gasteiger partial charge in [-0.2, -0.15) is 0 Å². The molecule has 0 aliphatic rings. The van der Waals surface area contributed by atoms with E-state index < -0.39 is 6.10 Å². The monoisotopic (exact) mass is 410 g/mol. The van der Waals surface area contributed by atoms with Crippen LogP contribution >= 0.6 is 0 Å². The summed E-state index contributed by atoms with van der Waals surface area (Å²) >= 11 is 0. The summed E-state index contributed by atoms with van der Waals surface area (Å²) in [6, 6.07) is 14.8. The maximum atomic E-state index is 12.8. The van der Waals surface area contributed by atoms with E-state index in [1.807, 2.05) is 45.0 Å². The summed E-state index contributed by atoms with van der Waals surface area (Å²) in [5.41, 5.74) is 2.18. The molecule has 0 fully saturated rings. The molecule has 0 aliphatic carbocycles. The Morgan fingerprint density at radius 1 is 1.00 bits per heavy atom. The molecule has 0 unspecified atom stereocenters. The van der Waals surface area contributed by atoms with Crippen LogP contribution in [0, 0.1) is 5.92 Å². The summed E-state index contributed by atoms with van der Waals surface area (Å²) in [4.78, 5) is 25.3. The molecule has 0 spiro atoms. The maximum Gasteiger partial charge on any atom is 0.265 e. The van der Waals surface area contributed by atoms with Gasteiger partial charge in [-0.05, 0) is 47.6 Å². The van der Waals surface area contributed by atoms with Crippen LogP contribution in [0.3, 0.4) is 0 Å². The molecule has 2 aromatic carbocycles. The van der Waals surface area contributed by atoms with Crippen LogP contribution in [0.25, 0.3) is 0 Å². The molecule has 0 aromatic heterocycles. The molecule has 0 bridgehead atoms. The van der Waals surface area contributed by atoms with Crippen LogP contribution in [0.2, 0.25) is 0 Å². The van der Waals surface area contributed by atoms with Crippen molar-refractivity contribution in [3.8, 4) is 5.75 Å². The smallest absolute Gasteiger partial charge is 0.265 e. The number of carbonyl (C=O) groups is 2. The number of hydrogen-bond acceptors (Lipinski definition) is 3. The Morgan fingerprint density at radius 3 is 2.20 bits per heavy atom. The minimum absolute atomic E-state index is 0.0555. The summed E-state index contributed by atoms with van der Waals surface area (Å²) in [6.07, 6.45) is -0.147. The van der Waals surface area contributed by atoms with Crippen LogP contribution in [0.15, 0.2) is 48.5 Å². The molecule has 2 amide bonds. The second-order valence-corrected chi connectivity index (χ2v) is 8.93. The third-order valence-corrected chi connectivity index (χ3v) is 4.76. The van der Waals surface area contributed by atoms with Crippen molar-refractivity contribution in [2.24, 2.45) is 5.92 Å². The molecule has 0 saturated heterocycles. The van der Waals surface area contributed by atoms with E-state index in [-0.39, 0.29) is 17.2 Å². The van der Waals surface area contributed by atoms with Crippen molar-refractivity contribution in [2.45, 2.75) is 59.5 Å². The Labute approximate surface area is 180 Å². The molecule has 0 heterocycles. The maximum absolute atomic E-state index is 12.8. The first-order valence-corrected chi connectivity index (χ1v) is 10.6. The van der Waals surface area contributed by atoms with Gasteiger partial charge in [0.2, 0.25) is 0 Å². The molecule has 0 aliphatic heterocycles. The topological polar surface area (TPSA) is 67.4 Å². The van der Waals surface area contributed by atoms with Gasteiger partial charge < -0.3 is 15.4 Å². The normalized spacial score (nSPS) is 12.4. The van der Waals surface area contributed by atoms with Gasteiger partial charge in [0.05, 0.1) is 11.3 Å². The van der Waals surface area contributed by atoms with Gasteiger partial charge in [-0.25, -0.2) is 0 Å². The molecule has 162 valence electrons. The average molecular weight is 411 g/mol. The summed E-state index contributed by atoms with van der Waals surface area (Å²) in [5.74, 6) is 0.513. The fourth-order valence-electron chi connectivity index (χ4n) is 2.92. The first kappa shape index (κ1) is 23.5. The van der Waals surface area contributed by atoms with Crippen molar-refractivity contribution >= 4 is 17.5 Å². The van der Waals surface area contributed by atoms with E-state index in [4.69, 9.17) is 4.74 Å². The van der Waals surface area contributed by atoms with Gasteiger partial charge in [0.25, 0.3) is 11.8 Å². The first-order valence-electron chi connectivity index (χ1n) is 10.6. The second kappa shape index (κ2) is 10.3. The number of nitrogens with one attached hydrogen (secondary N) is 2. The van der Waals surface area contributed by atoms with Crippen LogP contribution < -0.4 is 15.4 Å². The number of para-hydroxylation sites is 1. The lowest BCUT2D eigenvalue weighted by molar-refractivity contribution is -0.122. The predicted octanol–water partition coefficient (Wildman–Crippen LogP) is 5.17. The van der Waals surface area contributed by atoms with Crippen molar-refractivity contribution in [2.75, 3.05) is 11.9 Å². The second-order valence-electron chi connectivity index (χ2n) is 8.93. The third kappa shape index (κ3) is 6.61. The van der Waals surface area contributed by atoms with Gasteiger partial charge in [0.15, 0.2) is 6.10 Å². The molecule has 0 radical (unpaired) electrons. The van der Waals surface area contributed by atoms with Crippen LogP contribution in [-0.4, -0.2) is 24.5 Å². The Hall–Kier alpha value is -2.82. The minimum atomic E-state index is -0.655. The Balaban J connectivity index is 2.09. The van der Waals surface area contributed by atoms with Gasteiger partial charge in [-0.1, -0.05) is 65.8 Å². The summed E-state index contributed by atoms with van der Waals surface area (Å²) in [6.45, 7) is 13.0.